The summed E-state index contributed by atoms with van der Waals surface area (Å²) in [6.45, 7) is 10.2. The van der Waals surface area contributed by atoms with Gasteiger partial charge in [-0.15, -0.1) is 0 Å². The van der Waals surface area contributed by atoms with Crippen molar-refractivity contribution in [3.05, 3.63) is 42.1 Å². The van der Waals surface area contributed by atoms with E-state index < -0.39 is 0 Å². The molecule has 3 heterocycles. The van der Waals surface area contributed by atoms with Gasteiger partial charge in [-0.2, -0.15) is 0 Å². The fourth-order valence-corrected chi connectivity index (χ4v) is 4.19. The number of pyridine rings is 1. The van der Waals surface area contributed by atoms with Gasteiger partial charge in [0.2, 0.25) is 0 Å². The number of fused-ring (bicyclic) bond motifs is 1. The highest BCUT2D eigenvalue weighted by molar-refractivity contribution is 5.79. The van der Waals surface area contributed by atoms with Crippen molar-refractivity contribution in [3.63, 3.8) is 0 Å². The average molecular weight is 367 g/mol. The minimum atomic E-state index is 0.0518. The maximum absolute atomic E-state index is 12.6. The molecule has 0 spiro atoms. The maximum atomic E-state index is 12.6. The third kappa shape index (κ3) is 4.22. The molecule has 4 rings (SSSR count). The summed E-state index contributed by atoms with van der Waals surface area (Å²) in [6, 6.07) is 10.7. The number of carbonyl (C=O) groups excluding carboxylic acids is 1. The number of rotatable bonds is 4. The number of likely N-dealkylation sites (N-methyl/N-ethyl adjacent to an activating group) is 1. The van der Waals surface area contributed by atoms with Gasteiger partial charge in [0.05, 0.1) is 5.52 Å². The van der Waals surface area contributed by atoms with E-state index in [1.54, 1.807) is 6.20 Å². The van der Waals surface area contributed by atoms with Crippen molar-refractivity contribution in [1.29, 1.82) is 0 Å². The molecule has 2 aliphatic heterocycles. The number of carbonyl (C=O) groups is 1. The Balaban J connectivity index is 1.27. The van der Waals surface area contributed by atoms with E-state index in [1.165, 1.54) is 0 Å². The summed E-state index contributed by atoms with van der Waals surface area (Å²) in [5.41, 5.74) is 2.09. The number of hydrogen-bond acceptors (Lipinski definition) is 4. The topological polar surface area (TPSA) is 51.7 Å². The molecule has 0 aliphatic carbocycles. The van der Waals surface area contributed by atoms with Crippen LogP contribution in [0.2, 0.25) is 0 Å². The zero-order valence-electron chi connectivity index (χ0n) is 16.1. The second-order valence-corrected chi connectivity index (χ2v) is 7.55. The van der Waals surface area contributed by atoms with E-state index >= 15 is 0 Å². The number of aromatic nitrogens is 1. The van der Waals surface area contributed by atoms with Crippen LogP contribution in [0.25, 0.3) is 10.9 Å². The molecule has 2 saturated heterocycles. The lowest BCUT2D eigenvalue weighted by atomic mass is 10.1. The van der Waals surface area contributed by atoms with Gasteiger partial charge in [0.25, 0.3) is 0 Å². The van der Waals surface area contributed by atoms with Crippen molar-refractivity contribution < 1.29 is 4.79 Å². The van der Waals surface area contributed by atoms with Gasteiger partial charge in [0.15, 0.2) is 0 Å². The number of likely N-dealkylation sites (tertiary alicyclic amines) is 1. The molecule has 0 saturated carbocycles. The van der Waals surface area contributed by atoms with Crippen molar-refractivity contribution in [1.82, 2.24) is 25.0 Å². The zero-order chi connectivity index (χ0) is 18.6. The first-order valence-corrected chi connectivity index (χ1v) is 10.1. The fourth-order valence-electron chi connectivity index (χ4n) is 4.19. The Kier molecular flexibility index (Phi) is 5.55. The van der Waals surface area contributed by atoms with Crippen LogP contribution >= 0.6 is 0 Å². The first kappa shape index (κ1) is 18.2. The van der Waals surface area contributed by atoms with Gasteiger partial charge in [-0.05, 0) is 36.7 Å². The number of hydrogen-bond donors (Lipinski definition) is 1. The first-order valence-electron chi connectivity index (χ1n) is 10.1. The molecular formula is C21H29N5O. The number of amides is 2. The van der Waals surface area contributed by atoms with Gasteiger partial charge in [-0.3, -0.25) is 9.88 Å². The van der Waals surface area contributed by atoms with Crippen LogP contribution in [0.15, 0.2) is 36.5 Å². The Bertz CT molecular complexity index is 787. The number of benzene rings is 1. The second kappa shape index (κ2) is 8.23. The molecule has 2 fully saturated rings. The van der Waals surface area contributed by atoms with Gasteiger partial charge >= 0.3 is 6.03 Å². The summed E-state index contributed by atoms with van der Waals surface area (Å²) in [5.74, 6) is 0. The second-order valence-electron chi connectivity index (χ2n) is 7.55. The number of nitrogens with one attached hydrogen (secondary N) is 1. The highest BCUT2D eigenvalue weighted by Gasteiger charge is 2.31. The van der Waals surface area contributed by atoms with Crippen LogP contribution in [0, 0.1) is 0 Å². The summed E-state index contributed by atoms with van der Waals surface area (Å²) >= 11 is 0. The first-order chi connectivity index (χ1) is 13.2. The largest absolute Gasteiger partial charge is 0.334 e. The molecule has 1 N–H and O–H groups in total. The van der Waals surface area contributed by atoms with E-state index in [1.807, 2.05) is 23.1 Å². The average Bonchev–Trinajstić information content (AvgIpc) is 3.22. The highest BCUT2D eigenvalue weighted by Crippen LogP contribution is 2.18. The lowest BCUT2D eigenvalue weighted by Crippen LogP contribution is -2.51. The molecule has 1 aromatic carbocycles. The van der Waals surface area contributed by atoms with E-state index in [9.17, 15) is 4.79 Å². The predicted octanol–water partition coefficient (Wildman–Crippen LogP) is 2.16. The van der Waals surface area contributed by atoms with Gasteiger partial charge in [-0.25, -0.2) is 4.79 Å². The minimum absolute atomic E-state index is 0.0518. The van der Waals surface area contributed by atoms with Crippen LogP contribution in [0.5, 0.6) is 0 Å². The van der Waals surface area contributed by atoms with Crippen LogP contribution in [0.3, 0.4) is 0 Å². The van der Waals surface area contributed by atoms with E-state index in [4.69, 9.17) is 0 Å². The van der Waals surface area contributed by atoms with Gasteiger partial charge in [0, 0.05) is 63.4 Å². The Hall–Kier alpha value is -2.18. The summed E-state index contributed by atoms with van der Waals surface area (Å²) in [6.07, 6.45) is 2.89. The Morgan fingerprint density at radius 2 is 2.04 bits per heavy atom. The molecule has 0 bridgehead atoms. The fraction of sp³-hybridized carbons (Fsp3) is 0.524. The summed E-state index contributed by atoms with van der Waals surface area (Å²) < 4.78 is 0. The molecule has 1 unspecified atom stereocenters. The molecule has 1 atom stereocenters. The maximum Gasteiger partial charge on any atom is 0.317 e. The summed E-state index contributed by atoms with van der Waals surface area (Å²) in [4.78, 5) is 24.0. The monoisotopic (exact) mass is 367 g/mol. The molecule has 6 nitrogen and oxygen atoms in total. The third-order valence-electron chi connectivity index (χ3n) is 5.93. The van der Waals surface area contributed by atoms with Gasteiger partial charge in [0.1, 0.15) is 0 Å². The zero-order valence-corrected chi connectivity index (χ0v) is 16.1. The Morgan fingerprint density at radius 1 is 1.19 bits per heavy atom. The predicted molar refractivity (Wildman–Crippen MR) is 108 cm³/mol. The molecule has 1 aromatic heterocycles. The third-order valence-corrected chi connectivity index (χ3v) is 5.93. The number of nitrogens with zero attached hydrogens (tertiary/aromatic N) is 4. The Morgan fingerprint density at radius 3 is 2.85 bits per heavy atom. The van der Waals surface area contributed by atoms with Crippen molar-refractivity contribution in [3.8, 4) is 0 Å². The lowest BCUT2D eigenvalue weighted by molar-refractivity contribution is 0.102. The lowest BCUT2D eigenvalue weighted by Gasteiger charge is -2.37. The van der Waals surface area contributed by atoms with Gasteiger partial charge in [-0.1, -0.05) is 19.1 Å². The number of piperazine rings is 1. The van der Waals surface area contributed by atoms with Crippen LogP contribution in [0.1, 0.15) is 18.9 Å². The van der Waals surface area contributed by atoms with E-state index in [0.717, 1.165) is 68.7 Å². The normalized spacial score (nSPS) is 21.7. The molecule has 6 heteroatoms. The molecule has 144 valence electrons. The van der Waals surface area contributed by atoms with E-state index in [-0.39, 0.29) is 6.03 Å². The molecule has 27 heavy (non-hydrogen) atoms. The molecule has 0 radical (unpaired) electrons. The quantitative estimate of drug-likeness (QED) is 0.900. The van der Waals surface area contributed by atoms with Crippen molar-refractivity contribution in [2.45, 2.75) is 25.9 Å². The van der Waals surface area contributed by atoms with Crippen molar-refractivity contribution in [2.75, 3.05) is 45.8 Å². The van der Waals surface area contributed by atoms with Gasteiger partial charge < -0.3 is 15.1 Å². The van der Waals surface area contributed by atoms with Crippen LogP contribution in [-0.2, 0) is 6.54 Å². The van der Waals surface area contributed by atoms with Crippen molar-refractivity contribution >= 4 is 16.9 Å². The summed E-state index contributed by atoms with van der Waals surface area (Å²) in [7, 11) is 0. The minimum Gasteiger partial charge on any atom is -0.334 e. The molecule has 2 aliphatic rings. The van der Waals surface area contributed by atoms with Crippen LogP contribution in [-0.4, -0.2) is 77.6 Å². The van der Waals surface area contributed by atoms with E-state index in [0.29, 0.717) is 12.6 Å². The molecule has 2 aromatic rings. The highest BCUT2D eigenvalue weighted by atomic mass is 16.2. The molecular weight excluding hydrogens is 338 g/mol. The number of urea groups is 1. The standard InChI is InChI=1S/C21H29N5O/c1-2-24-10-12-25(13-11-24)19-7-9-26(16-19)21(27)23-15-17-5-6-20-18(14-17)4-3-8-22-20/h3-6,8,14,19H,2,7,9-13,15-16H2,1H3,(H,23,27). The Labute approximate surface area is 161 Å². The SMILES string of the molecule is CCN1CCN(C2CCN(C(=O)NCc3ccc4ncccc4c3)C2)CC1. The molecule has 2 amide bonds. The van der Waals surface area contributed by atoms with Crippen LogP contribution in [0.4, 0.5) is 4.79 Å². The summed E-state index contributed by atoms with van der Waals surface area (Å²) in [5, 5.41) is 4.19. The van der Waals surface area contributed by atoms with E-state index in [2.05, 4.69) is 39.2 Å². The van der Waals surface area contributed by atoms with Crippen molar-refractivity contribution in [2.24, 2.45) is 0 Å². The smallest absolute Gasteiger partial charge is 0.317 e. The van der Waals surface area contributed by atoms with Crippen LogP contribution < -0.4 is 5.32 Å².